The Balaban J connectivity index is 2.15. The minimum atomic E-state index is 0.362. The summed E-state index contributed by atoms with van der Waals surface area (Å²) in [6, 6.07) is 11.1. The van der Waals surface area contributed by atoms with Crippen LogP contribution in [0, 0.1) is 0 Å². The van der Waals surface area contributed by atoms with Crippen LogP contribution in [0.3, 0.4) is 0 Å². The summed E-state index contributed by atoms with van der Waals surface area (Å²) in [6.07, 6.45) is 2.08. The molecule has 1 unspecified atom stereocenters. The largest absolute Gasteiger partial charge is 0.496 e. The zero-order valence-corrected chi connectivity index (χ0v) is 14.5. The highest BCUT2D eigenvalue weighted by atomic mass is 79.9. The first kappa shape index (κ1) is 15.5. The van der Waals surface area contributed by atoms with Crippen molar-refractivity contribution in [2.75, 3.05) is 14.2 Å². The molecule has 4 heteroatoms. The van der Waals surface area contributed by atoms with E-state index in [-0.39, 0.29) is 0 Å². The number of hydrogen-bond acceptors (Lipinski definition) is 3. The van der Waals surface area contributed by atoms with Gasteiger partial charge in [0, 0.05) is 15.8 Å². The first-order valence-electron chi connectivity index (χ1n) is 6.76. The summed E-state index contributed by atoms with van der Waals surface area (Å²) < 4.78 is 6.28. The fourth-order valence-corrected chi connectivity index (χ4v) is 3.84. The Bertz CT molecular complexity index is 567. The molecule has 0 aliphatic carbocycles. The number of nitrogens with one attached hydrogen (secondary N) is 1. The van der Waals surface area contributed by atoms with Crippen LogP contribution in [0.2, 0.25) is 0 Å². The van der Waals surface area contributed by atoms with Gasteiger partial charge in [-0.15, -0.1) is 11.3 Å². The molecule has 0 bridgehead atoms. The molecule has 0 saturated heterocycles. The third kappa shape index (κ3) is 3.62. The minimum absolute atomic E-state index is 0.362. The summed E-state index contributed by atoms with van der Waals surface area (Å²) in [5, 5.41) is 3.42. The van der Waals surface area contributed by atoms with E-state index in [1.807, 2.05) is 24.5 Å². The highest BCUT2D eigenvalue weighted by Crippen LogP contribution is 2.30. The lowest BCUT2D eigenvalue weighted by Gasteiger charge is -2.15. The smallest absolute Gasteiger partial charge is 0.133 e. The molecule has 0 fully saturated rings. The van der Waals surface area contributed by atoms with Gasteiger partial charge in [-0.3, -0.25) is 0 Å². The molecule has 2 aromatic rings. The van der Waals surface area contributed by atoms with Crippen LogP contribution in [0.5, 0.6) is 5.75 Å². The molecule has 20 heavy (non-hydrogen) atoms. The van der Waals surface area contributed by atoms with Gasteiger partial charge in [0.25, 0.3) is 0 Å². The normalized spacial score (nSPS) is 12.4. The maximum Gasteiger partial charge on any atom is 0.133 e. The van der Waals surface area contributed by atoms with E-state index in [0.717, 1.165) is 23.1 Å². The molecule has 2 rings (SSSR count). The van der Waals surface area contributed by atoms with Crippen LogP contribution in [0.1, 0.15) is 28.3 Å². The Morgan fingerprint density at radius 2 is 2.10 bits per heavy atom. The molecule has 0 aliphatic rings. The molecular formula is C16H20BrNOS. The number of rotatable bonds is 6. The van der Waals surface area contributed by atoms with E-state index in [2.05, 4.69) is 52.4 Å². The molecule has 108 valence electrons. The van der Waals surface area contributed by atoms with Crippen molar-refractivity contribution < 1.29 is 4.74 Å². The lowest BCUT2D eigenvalue weighted by molar-refractivity contribution is 0.412. The van der Waals surface area contributed by atoms with Crippen LogP contribution in [0.25, 0.3) is 0 Å². The Kier molecular flexibility index (Phi) is 5.64. The van der Waals surface area contributed by atoms with Gasteiger partial charge < -0.3 is 10.1 Å². The van der Waals surface area contributed by atoms with Crippen molar-refractivity contribution in [3.63, 3.8) is 0 Å². The minimum Gasteiger partial charge on any atom is -0.496 e. The van der Waals surface area contributed by atoms with Gasteiger partial charge in [0.2, 0.25) is 0 Å². The molecule has 0 spiro atoms. The predicted octanol–water partition coefficient (Wildman–Crippen LogP) is 4.58. The summed E-state index contributed by atoms with van der Waals surface area (Å²) in [5.41, 5.74) is 1.29. The number of ether oxygens (including phenoxy) is 1. The summed E-state index contributed by atoms with van der Waals surface area (Å²) in [4.78, 5) is 2.84. The third-order valence-electron chi connectivity index (χ3n) is 3.38. The summed E-state index contributed by atoms with van der Waals surface area (Å²) in [5.74, 6) is 0.874. The van der Waals surface area contributed by atoms with Crippen molar-refractivity contribution in [1.29, 1.82) is 0 Å². The Morgan fingerprint density at radius 1 is 1.30 bits per heavy atom. The van der Waals surface area contributed by atoms with E-state index in [9.17, 15) is 0 Å². The van der Waals surface area contributed by atoms with Gasteiger partial charge in [-0.05, 0) is 65.6 Å². The van der Waals surface area contributed by atoms with Gasteiger partial charge in [0.1, 0.15) is 5.75 Å². The molecule has 0 saturated carbocycles. The Labute approximate surface area is 133 Å². The van der Waals surface area contributed by atoms with E-state index in [1.165, 1.54) is 15.3 Å². The SMILES string of the molecule is CCc1ccc(C(Cc2ccc(OC)c(Br)c2)NC)s1. The van der Waals surface area contributed by atoms with Crippen LogP contribution in [-0.2, 0) is 12.8 Å². The maximum absolute atomic E-state index is 5.27. The summed E-state index contributed by atoms with van der Waals surface area (Å²) in [7, 11) is 3.71. The highest BCUT2D eigenvalue weighted by Gasteiger charge is 2.13. The second kappa shape index (κ2) is 7.25. The quantitative estimate of drug-likeness (QED) is 0.820. The number of halogens is 1. The van der Waals surface area contributed by atoms with Crippen molar-refractivity contribution in [2.45, 2.75) is 25.8 Å². The molecule has 1 atom stereocenters. The van der Waals surface area contributed by atoms with Gasteiger partial charge in [-0.2, -0.15) is 0 Å². The molecule has 1 aromatic heterocycles. The van der Waals surface area contributed by atoms with Crippen molar-refractivity contribution >= 4 is 27.3 Å². The van der Waals surface area contributed by atoms with E-state index >= 15 is 0 Å². The number of thiophene rings is 1. The average Bonchev–Trinajstić information content (AvgIpc) is 2.93. The second-order valence-corrected chi connectivity index (χ2v) is 6.73. The standard InChI is InChI=1S/C16H20BrNOS/c1-4-12-6-8-16(20-12)14(18-2)10-11-5-7-15(19-3)13(17)9-11/h5-9,14,18H,4,10H2,1-3H3. The number of methoxy groups -OCH3 is 1. The lowest BCUT2D eigenvalue weighted by atomic mass is 10.0. The third-order valence-corrected chi connectivity index (χ3v) is 5.34. The van der Waals surface area contributed by atoms with E-state index in [1.54, 1.807) is 7.11 Å². The van der Waals surface area contributed by atoms with Gasteiger partial charge in [0.15, 0.2) is 0 Å². The molecule has 0 aliphatic heterocycles. The molecule has 0 radical (unpaired) electrons. The van der Waals surface area contributed by atoms with Crippen molar-refractivity contribution in [3.8, 4) is 5.75 Å². The van der Waals surface area contributed by atoms with E-state index in [0.29, 0.717) is 6.04 Å². The lowest BCUT2D eigenvalue weighted by Crippen LogP contribution is -2.17. The topological polar surface area (TPSA) is 21.3 Å². The van der Waals surface area contributed by atoms with E-state index in [4.69, 9.17) is 4.74 Å². The Hall–Kier alpha value is -0.840. The van der Waals surface area contributed by atoms with Gasteiger partial charge in [-0.25, -0.2) is 0 Å². The zero-order chi connectivity index (χ0) is 14.5. The highest BCUT2D eigenvalue weighted by molar-refractivity contribution is 9.10. The van der Waals surface area contributed by atoms with E-state index < -0.39 is 0 Å². The van der Waals surface area contributed by atoms with Crippen molar-refractivity contribution in [3.05, 3.63) is 50.1 Å². The van der Waals surface area contributed by atoms with Crippen molar-refractivity contribution in [2.24, 2.45) is 0 Å². The summed E-state index contributed by atoms with van der Waals surface area (Å²) >= 11 is 5.45. The maximum atomic E-state index is 5.27. The first-order chi connectivity index (χ1) is 9.67. The monoisotopic (exact) mass is 353 g/mol. The van der Waals surface area contributed by atoms with Crippen LogP contribution < -0.4 is 10.1 Å². The molecule has 2 nitrogen and oxygen atoms in total. The van der Waals surface area contributed by atoms with Crippen LogP contribution in [0.4, 0.5) is 0 Å². The van der Waals surface area contributed by atoms with Crippen LogP contribution in [0.15, 0.2) is 34.8 Å². The second-order valence-electron chi connectivity index (χ2n) is 4.67. The first-order valence-corrected chi connectivity index (χ1v) is 8.37. The van der Waals surface area contributed by atoms with Crippen LogP contribution >= 0.6 is 27.3 Å². The molecular weight excluding hydrogens is 334 g/mol. The van der Waals surface area contributed by atoms with Crippen molar-refractivity contribution in [1.82, 2.24) is 5.32 Å². The molecule has 1 aromatic carbocycles. The number of hydrogen-bond donors (Lipinski definition) is 1. The van der Waals surface area contributed by atoms with Gasteiger partial charge in [0.05, 0.1) is 11.6 Å². The van der Waals surface area contributed by atoms with Crippen LogP contribution in [-0.4, -0.2) is 14.2 Å². The number of benzene rings is 1. The Morgan fingerprint density at radius 3 is 2.65 bits per heavy atom. The summed E-state index contributed by atoms with van der Waals surface area (Å²) in [6.45, 7) is 2.20. The number of aryl methyl sites for hydroxylation is 1. The van der Waals surface area contributed by atoms with Gasteiger partial charge >= 0.3 is 0 Å². The predicted molar refractivity (Wildman–Crippen MR) is 89.9 cm³/mol. The zero-order valence-electron chi connectivity index (χ0n) is 12.1. The molecule has 0 amide bonds. The fraction of sp³-hybridized carbons (Fsp3) is 0.375. The average molecular weight is 354 g/mol. The molecule has 1 heterocycles. The fourth-order valence-electron chi connectivity index (χ4n) is 2.19. The van der Waals surface area contributed by atoms with Gasteiger partial charge in [-0.1, -0.05) is 13.0 Å². The molecule has 1 N–H and O–H groups in total. The number of likely N-dealkylation sites (N-methyl/N-ethyl adjacent to an activating group) is 1.